The van der Waals surface area contributed by atoms with Gasteiger partial charge in [0.2, 0.25) is 0 Å². The van der Waals surface area contributed by atoms with Crippen LogP contribution >= 0.6 is 0 Å². The van der Waals surface area contributed by atoms with Crippen molar-refractivity contribution in [3.8, 4) is 11.1 Å². The first-order chi connectivity index (χ1) is 10.3. The molecule has 0 bridgehead atoms. The summed E-state index contributed by atoms with van der Waals surface area (Å²) in [7, 11) is 0. The minimum atomic E-state index is 0.176. The third-order valence-corrected chi connectivity index (χ3v) is 3.61. The predicted molar refractivity (Wildman–Crippen MR) is 87.7 cm³/mol. The lowest BCUT2D eigenvalue weighted by Crippen LogP contribution is -2.28. The molecule has 1 atom stereocenters. The van der Waals surface area contributed by atoms with Crippen molar-refractivity contribution >= 4 is 0 Å². The molecule has 0 radical (unpaired) electrons. The topological polar surface area (TPSA) is 47.3 Å². The molecule has 21 heavy (non-hydrogen) atoms. The van der Waals surface area contributed by atoms with E-state index in [-0.39, 0.29) is 6.04 Å². The summed E-state index contributed by atoms with van der Waals surface area (Å²) in [5.41, 5.74) is 6.58. The summed E-state index contributed by atoms with van der Waals surface area (Å²) in [5, 5.41) is 0. The van der Waals surface area contributed by atoms with Gasteiger partial charge >= 0.3 is 0 Å². The fourth-order valence-electron chi connectivity index (χ4n) is 2.42. The number of nitrogens with one attached hydrogen (secondary N) is 1. The highest BCUT2D eigenvalue weighted by Gasteiger charge is 2.09. The second-order valence-corrected chi connectivity index (χ2v) is 5.05. The molecule has 0 spiro atoms. The number of rotatable bonds is 8. The highest BCUT2D eigenvalue weighted by atomic mass is 16.5. The number of benzene rings is 2. The Labute approximate surface area is 127 Å². The van der Waals surface area contributed by atoms with E-state index in [1.54, 1.807) is 0 Å². The molecule has 3 N–H and O–H groups in total. The van der Waals surface area contributed by atoms with Gasteiger partial charge in [-0.15, -0.1) is 0 Å². The van der Waals surface area contributed by atoms with E-state index >= 15 is 0 Å². The van der Waals surface area contributed by atoms with Gasteiger partial charge in [0.25, 0.3) is 0 Å². The van der Waals surface area contributed by atoms with Gasteiger partial charge in [-0.25, -0.2) is 0 Å². The summed E-state index contributed by atoms with van der Waals surface area (Å²) in [5.74, 6) is 5.68. The molecule has 112 valence electrons. The van der Waals surface area contributed by atoms with Crippen molar-refractivity contribution in [2.24, 2.45) is 5.84 Å². The average molecular weight is 284 g/mol. The molecular weight excluding hydrogens is 260 g/mol. The lowest BCUT2D eigenvalue weighted by molar-refractivity contribution is 0.141. The number of nitrogens with two attached hydrogens (primary N) is 1. The number of hydrazine groups is 1. The van der Waals surface area contributed by atoms with E-state index in [4.69, 9.17) is 10.6 Å². The van der Waals surface area contributed by atoms with Crippen LogP contribution in [-0.4, -0.2) is 13.2 Å². The lowest BCUT2D eigenvalue weighted by atomic mass is 9.99. The van der Waals surface area contributed by atoms with Crippen molar-refractivity contribution in [1.29, 1.82) is 0 Å². The molecule has 2 rings (SSSR count). The Morgan fingerprint density at radius 2 is 1.67 bits per heavy atom. The second-order valence-electron chi connectivity index (χ2n) is 5.05. The van der Waals surface area contributed by atoms with Crippen LogP contribution in [0.25, 0.3) is 11.1 Å². The van der Waals surface area contributed by atoms with Crippen LogP contribution in [-0.2, 0) is 4.74 Å². The Morgan fingerprint density at radius 1 is 1.00 bits per heavy atom. The van der Waals surface area contributed by atoms with Crippen molar-refractivity contribution in [3.05, 3.63) is 60.2 Å². The Kier molecular flexibility index (Phi) is 6.41. The van der Waals surface area contributed by atoms with Crippen LogP contribution in [0, 0.1) is 0 Å². The minimum Gasteiger partial charge on any atom is -0.382 e. The first kappa shape index (κ1) is 15.7. The van der Waals surface area contributed by atoms with Gasteiger partial charge in [0.15, 0.2) is 0 Å². The molecule has 2 aromatic rings. The van der Waals surface area contributed by atoms with Crippen LogP contribution in [0.4, 0.5) is 0 Å². The zero-order chi connectivity index (χ0) is 14.9. The summed E-state index contributed by atoms with van der Waals surface area (Å²) in [6.07, 6.45) is 1.98. The molecule has 0 fully saturated rings. The maximum absolute atomic E-state index is 5.68. The van der Waals surface area contributed by atoms with Gasteiger partial charge in [-0.3, -0.25) is 11.3 Å². The standard InChI is InChI=1S/C18H24N2O/c1-2-21-14-6-9-18(20-19)17-12-10-16(11-13-17)15-7-4-3-5-8-15/h3-5,7-8,10-13,18,20H,2,6,9,14,19H2,1H3. The molecule has 1 unspecified atom stereocenters. The monoisotopic (exact) mass is 284 g/mol. The molecule has 0 heterocycles. The number of hydrogen-bond donors (Lipinski definition) is 2. The van der Waals surface area contributed by atoms with E-state index in [1.807, 2.05) is 13.0 Å². The highest BCUT2D eigenvalue weighted by molar-refractivity contribution is 5.63. The Hall–Kier alpha value is -1.68. The van der Waals surface area contributed by atoms with Gasteiger partial charge < -0.3 is 4.74 Å². The quantitative estimate of drug-likeness (QED) is 0.442. The molecule has 3 heteroatoms. The molecule has 2 aromatic carbocycles. The third kappa shape index (κ3) is 4.67. The first-order valence-corrected chi connectivity index (χ1v) is 7.54. The molecule has 3 nitrogen and oxygen atoms in total. The Bertz CT molecular complexity index is 511. The third-order valence-electron chi connectivity index (χ3n) is 3.61. The van der Waals surface area contributed by atoms with Crippen molar-refractivity contribution in [2.75, 3.05) is 13.2 Å². The van der Waals surface area contributed by atoms with Gasteiger partial charge in [-0.1, -0.05) is 54.6 Å². The molecular formula is C18H24N2O. The zero-order valence-electron chi connectivity index (χ0n) is 12.6. The van der Waals surface area contributed by atoms with Crippen LogP contribution < -0.4 is 11.3 Å². The maximum atomic E-state index is 5.68. The fraction of sp³-hybridized carbons (Fsp3) is 0.333. The number of ether oxygens (including phenoxy) is 1. The van der Waals surface area contributed by atoms with E-state index in [1.165, 1.54) is 16.7 Å². The van der Waals surface area contributed by atoms with Gasteiger partial charge in [0.1, 0.15) is 0 Å². The lowest BCUT2D eigenvalue weighted by Gasteiger charge is -2.16. The molecule has 0 aromatic heterocycles. The second kappa shape index (κ2) is 8.57. The van der Waals surface area contributed by atoms with Crippen molar-refractivity contribution in [3.63, 3.8) is 0 Å². The van der Waals surface area contributed by atoms with E-state index in [0.717, 1.165) is 26.1 Å². The van der Waals surface area contributed by atoms with Crippen LogP contribution in [0.5, 0.6) is 0 Å². The maximum Gasteiger partial charge on any atom is 0.0466 e. The van der Waals surface area contributed by atoms with E-state index in [0.29, 0.717) is 0 Å². The van der Waals surface area contributed by atoms with E-state index < -0.39 is 0 Å². The zero-order valence-corrected chi connectivity index (χ0v) is 12.6. The van der Waals surface area contributed by atoms with Gasteiger partial charge in [-0.2, -0.15) is 0 Å². The predicted octanol–water partition coefficient (Wildman–Crippen LogP) is 3.67. The number of hydrogen-bond acceptors (Lipinski definition) is 3. The molecule has 0 saturated carbocycles. The fourth-order valence-corrected chi connectivity index (χ4v) is 2.42. The van der Waals surface area contributed by atoms with Gasteiger partial charge in [0, 0.05) is 19.3 Å². The molecule has 0 amide bonds. The molecule has 0 aliphatic rings. The average Bonchev–Trinajstić information content (AvgIpc) is 2.56. The van der Waals surface area contributed by atoms with Crippen LogP contribution in [0.15, 0.2) is 54.6 Å². The van der Waals surface area contributed by atoms with Crippen LogP contribution in [0.1, 0.15) is 31.4 Å². The SMILES string of the molecule is CCOCCCC(NN)c1ccc(-c2ccccc2)cc1. The van der Waals surface area contributed by atoms with Crippen molar-refractivity contribution in [2.45, 2.75) is 25.8 Å². The summed E-state index contributed by atoms with van der Waals surface area (Å²) in [6, 6.07) is 19.2. The van der Waals surface area contributed by atoms with Crippen molar-refractivity contribution in [1.82, 2.24) is 5.43 Å². The van der Waals surface area contributed by atoms with Crippen molar-refractivity contribution < 1.29 is 4.74 Å². The Balaban J connectivity index is 1.99. The summed E-state index contributed by atoms with van der Waals surface area (Å²) < 4.78 is 5.37. The van der Waals surface area contributed by atoms with E-state index in [9.17, 15) is 0 Å². The molecule has 0 aliphatic heterocycles. The Morgan fingerprint density at radius 3 is 2.29 bits per heavy atom. The largest absolute Gasteiger partial charge is 0.382 e. The smallest absolute Gasteiger partial charge is 0.0466 e. The van der Waals surface area contributed by atoms with Crippen LogP contribution in [0.3, 0.4) is 0 Å². The summed E-state index contributed by atoms with van der Waals surface area (Å²) in [6.45, 7) is 3.57. The summed E-state index contributed by atoms with van der Waals surface area (Å²) >= 11 is 0. The van der Waals surface area contributed by atoms with Crippen LogP contribution in [0.2, 0.25) is 0 Å². The highest BCUT2D eigenvalue weighted by Crippen LogP contribution is 2.23. The molecule has 0 saturated heterocycles. The summed E-state index contributed by atoms with van der Waals surface area (Å²) in [4.78, 5) is 0. The van der Waals surface area contributed by atoms with E-state index in [2.05, 4.69) is 54.0 Å². The van der Waals surface area contributed by atoms with Gasteiger partial charge in [0.05, 0.1) is 0 Å². The molecule has 0 aliphatic carbocycles. The first-order valence-electron chi connectivity index (χ1n) is 7.54. The normalized spacial score (nSPS) is 12.3. The van der Waals surface area contributed by atoms with Gasteiger partial charge in [-0.05, 0) is 36.5 Å². The minimum absolute atomic E-state index is 0.176.